The van der Waals surface area contributed by atoms with Crippen LogP contribution >= 0.6 is 11.8 Å². The first kappa shape index (κ1) is 22.1. The molecule has 6 nitrogen and oxygen atoms in total. The molecule has 2 aliphatic rings. The van der Waals surface area contributed by atoms with Crippen LogP contribution in [0.15, 0.2) is 41.4 Å². The lowest BCUT2D eigenvalue weighted by Gasteiger charge is -2.27. The molecular weight excluding hydrogens is 444 g/mol. The zero-order valence-electron chi connectivity index (χ0n) is 18.5. The first-order valence-corrected chi connectivity index (χ1v) is 12.7. The summed E-state index contributed by atoms with van der Waals surface area (Å²) in [5.74, 6) is -0.00591. The number of amides is 1. The topological polar surface area (TPSA) is 62.5 Å². The minimum Gasteiger partial charge on any atom is -0.348 e. The number of imidazole rings is 1. The summed E-state index contributed by atoms with van der Waals surface area (Å²) in [5, 5.41) is 7.78. The molecule has 1 amide bonds. The number of anilines is 1. The standard InChI is InChI=1S/C24H27F2N5OS/c1-33-21-8-7-15(25)11-18(21)19-12-16(26)14-30(19)23-10-9-22-27-13-20(31(22)29-23)24(32)28-17-5-3-2-4-6-17/h7-11,13,16-17,19H,2-6,12,14H2,1H3,(H,28,32)/t16-,19+/m0/s1. The summed E-state index contributed by atoms with van der Waals surface area (Å²) in [6.45, 7) is 0.159. The molecule has 1 saturated heterocycles. The van der Waals surface area contributed by atoms with Gasteiger partial charge in [-0.25, -0.2) is 18.3 Å². The van der Waals surface area contributed by atoms with Crippen LogP contribution in [0.3, 0.4) is 0 Å². The van der Waals surface area contributed by atoms with Gasteiger partial charge in [-0.2, -0.15) is 0 Å². The number of rotatable bonds is 5. The van der Waals surface area contributed by atoms with Gasteiger partial charge in [0, 0.05) is 17.4 Å². The van der Waals surface area contributed by atoms with E-state index < -0.39 is 6.17 Å². The molecule has 1 aliphatic carbocycles. The molecule has 0 radical (unpaired) electrons. The van der Waals surface area contributed by atoms with Crippen LogP contribution in [0.25, 0.3) is 5.65 Å². The fraction of sp³-hybridized carbons (Fsp3) is 0.458. The number of benzene rings is 1. The van der Waals surface area contributed by atoms with Crippen molar-refractivity contribution in [1.29, 1.82) is 0 Å². The van der Waals surface area contributed by atoms with E-state index in [-0.39, 0.29) is 36.8 Å². The third-order valence-corrected chi connectivity index (χ3v) is 7.43. The maximum atomic E-state index is 14.6. The van der Waals surface area contributed by atoms with E-state index in [4.69, 9.17) is 0 Å². The molecule has 1 aliphatic heterocycles. The molecule has 1 saturated carbocycles. The number of halogens is 2. The molecule has 9 heteroatoms. The van der Waals surface area contributed by atoms with Crippen LogP contribution in [-0.2, 0) is 0 Å². The van der Waals surface area contributed by atoms with Gasteiger partial charge in [-0.3, -0.25) is 4.79 Å². The van der Waals surface area contributed by atoms with Gasteiger partial charge < -0.3 is 10.2 Å². The fourth-order valence-corrected chi connectivity index (χ4v) is 5.61. The SMILES string of the molecule is CSc1ccc(F)cc1[C@H]1C[C@H](F)CN1c1ccc2ncc(C(=O)NC3CCCCC3)n2n1. The Morgan fingerprint density at radius 3 is 2.79 bits per heavy atom. The monoisotopic (exact) mass is 471 g/mol. The molecule has 2 aromatic heterocycles. The first-order valence-electron chi connectivity index (χ1n) is 11.4. The van der Waals surface area contributed by atoms with Crippen molar-refractivity contribution in [1.82, 2.24) is 19.9 Å². The average molecular weight is 472 g/mol. The van der Waals surface area contributed by atoms with Crippen molar-refractivity contribution >= 4 is 29.1 Å². The average Bonchev–Trinajstić information content (AvgIpc) is 3.42. The van der Waals surface area contributed by atoms with Gasteiger partial charge in [0.25, 0.3) is 5.91 Å². The Balaban J connectivity index is 1.47. The Kier molecular flexibility index (Phi) is 6.23. The van der Waals surface area contributed by atoms with Gasteiger partial charge in [0.05, 0.1) is 18.8 Å². The third-order valence-electron chi connectivity index (χ3n) is 6.62. The van der Waals surface area contributed by atoms with E-state index in [1.54, 1.807) is 18.2 Å². The summed E-state index contributed by atoms with van der Waals surface area (Å²) in [5.41, 5.74) is 1.67. The quantitative estimate of drug-likeness (QED) is 0.534. The van der Waals surface area contributed by atoms with Gasteiger partial charge in [-0.05, 0) is 55.0 Å². The molecule has 0 unspecified atom stereocenters. The number of nitrogens with one attached hydrogen (secondary N) is 1. The molecule has 33 heavy (non-hydrogen) atoms. The van der Waals surface area contributed by atoms with Gasteiger partial charge in [-0.1, -0.05) is 19.3 Å². The van der Waals surface area contributed by atoms with Gasteiger partial charge >= 0.3 is 0 Å². The van der Waals surface area contributed by atoms with E-state index in [9.17, 15) is 13.6 Å². The zero-order valence-corrected chi connectivity index (χ0v) is 19.3. The molecule has 174 valence electrons. The highest BCUT2D eigenvalue weighted by atomic mass is 32.2. The highest BCUT2D eigenvalue weighted by Crippen LogP contribution is 2.40. The molecule has 0 bridgehead atoms. The summed E-state index contributed by atoms with van der Waals surface area (Å²) in [7, 11) is 0. The van der Waals surface area contributed by atoms with Crippen LogP contribution in [0.1, 0.15) is 60.6 Å². The Labute approximate surface area is 195 Å². The summed E-state index contributed by atoms with van der Waals surface area (Å²) in [4.78, 5) is 20.1. The van der Waals surface area contributed by atoms with E-state index >= 15 is 0 Å². The third kappa shape index (κ3) is 4.43. The van der Waals surface area contributed by atoms with Crippen LogP contribution < -0.4 is 10.2 Å². The van der Waals surface area contributed by atoms with Crippen LogP contribution in [-0.4, -0.2) is 45.5 Å². The minimum atomic E-state index is -1.05. The summed E-state index contributed by atoms with van der Waals surface area (Å²) in [6.07, 6.45) is 8.09. The molecule has 1 aromatic carbocycles. The lowest BCUT2D eigenvalue weighted by molar-refractivity contribution is 0.0920. The fourth-order valence-electron chi connectivity index (χ4n) is 4.98. The number of hydrogen-bond donors (Lipinski definition) is 1. The molecule has 3 aromatic rings. The molecule has 3 heterocycles. The highest BCUT2D eigenvalue weighted by Gasteiger charge is 2.36. The molecule has 5 rings (SSSR count). The smallest absolute Gasteiger partial charge is 0.271 e. The summed E-state index contributed by atoms with van der Waals surface area (Å²) >= 11 is 1.51. The van der Waals surface area contributed by atoms with E-state index in [0.717, 1.165) is 36.1 Å². The number of aromatic nitrogens is 3. The lowest BCUT2D eigenvalue weighted by atomic mass is 9.95. The van der Waals surface area contributed by atoms with Crippen molar-refractivity contribution in [3.05, 3.63) is 53.6 Å². The summed E-state index contributed by atoms with van der Waals surface area (Å²) in [6, 6.07) is 8.05. The number of fused-ring (bicyclic) bond motifs is 1. The summed E-state index contributed by atoms with van der Waals surface area (Å²) < 4.78 is 30.2. The van der Waals surface area contributed by atoms with Crippen molar-refractivity contribution in [2.24, 2.45) is 0 Å². The number of alkyl halides is 1. The van der Waals surface area contributed by atoms with Crippen molar-refractivity contribution < 1.29 is 13.6 Å². The first-order chi connectivity index (χ1) is 16.0. The van der Waals surface area contributed by atoms with Gasteiger partial charge in [0.15, 0.2) is 11.3 Å². The van der Waals surface area contributed by atoms with Crippen molar-refractivity contribution in [3.63, 3.8) is 0 Å². The van der Waals surface area contributed by atoms with Crippen LogP contribution in [0.5, 0.6) is 0 Å². The van der Waals surface area contributed by atoms with Crippen molar-refractivity contribution in [3.8, 4) is 0 Å². The van der Waals surface area contributed by atoms with E-state index in [0.29, 0.717) is 17.2 Å². The predicted molar refractivity (Wildman–Crippen MR) is 125 cm³/mol. The second-order valence-corrected chi connectivity index (χ2v) is 9.65. The number of hydrogen-bond acceptors (Lipinski definition) is 5. The Hall–Kier alpha value is -2.68. The van der Waals surface area contributed by atoms with Crippen LogP contribution in [0.4, 0.5) is 14.6 Å². The van der Waals surface area contributed by atoms with Gasteiger partial charge in [0.2, 0.25) is 0 Å². The van der Waals surface area contributed by atoms with E-state index in [1.807, 2.05) is 11.2 Å². The van der Waals surface area contributed by atoms with Crippen molar-refractivity contribution in [2.45, 2.75) is 61.7 Å². The zero-order chi connectivity index (χ0) is 22.9. The van der Waals surface area contributed by atoms with E-state index in [1.165, 1.54) is 41.0 Å². The van der Waals surface area contributed by atoms with Crippen LogP contribution in [0, 0.1) is 5.82 Å². The molecule has 0 spiro atoms. The highest BCUT2D eigenvalue weighted by molar-refractivity contribution is 7.98. The van der Waals surface area contributed by atoms with Crippen molar-refractivity contribution in [2.75, 3.05) is 17.7 Å². The number of nitrogens with zero attached hydrogens (tertiary/aromatic N) is 4. The minimum absolute atomic E-state index is 0.159. The van der Waals surface area contributed by atoms with Gasteiger partial charge in [-0.15, -0.1) is 16.9 Å². The lowest BCUT2D eigenvalue weighted by Crippen LogP contribution is -2.37. The second kappa shape index (κ2) is 9.29. The maximum Gasteiger partial charge on any atom is 0.271 e. The number of carbonyl (C=O) groups excluding carboxylic acids is 1. The number of thioether (sulfide) groups is 1. The maximum absolute atomic E-state index is 14.6. The molecule has 2 atom stereocenters. The second-order valence-electron chi connectivity index (χ2n) is 8.80. The predicted octanol–water partition coefficient (Wildman–Crippen LogP) is 4.94. The normalized spacial score (nSPS) is 21.6. The molecule has 2 fully saturated rings. The Morgan fingerprint density at radius 2 is 2.00 bits per heavy atom. The largest absolute Gasteiger partial charge is 0.348 e. The Bertz CT molecular complexity index is 1160. The molecular formula is C24H27F2N5OS. The number of carbonyl (C=O) groups is 1. The van der Waals surface area contributed by atoms with Crippen LogP contribution in [0.2, 0.25) is 0 Å². The van der Waals surface area contributed by atoms with E-state index in [2.05, 4.69) is 15.4 Å². The molecule has 1 N–H and O–H groups in total. The Morgan fingerprint density at radius 1 is 1.18 bits per heavy atom. The van der Waals surface area contributed by atoms with Gasteiger partial charge in [0.1, 0.15) is 17.8 Å².